The summed E-state index contributed by atoms with van der Waals surface area (Å²) in [4.78, 5) is 22.0. The molecule has 0 aliphatic rings. The molecule has 1 aromatic heterocycles. The number of fused-ring (bicyclic) bond motifs is 1. The van der Waals surface area contributed by atoms with Gasteiger partial charge in [-0.15, -0.1) is 0 Å². The van der Waals surface area contributed by atoms with E-state index in [0.29, 0.717) is 16.5 Å². The van der Waals surface area contributed by atoms with E-state index in [0.717, 1.165) is 0 Å². The molecule has 6 nitrogen and oxygen atoms in total. The van der Waals surface area contributed by atoms with Gasteiger partial charge in [0.2, 0.25) is 0 Å². The number of hydrogen-bond donors (Lipinski definition) is 3. The maximum atomic E-state index is 11.6. The van der Waals surface area contributed by atoms with Crippen molar-refractivity contribution < 1.29 is 14.0 Å². The first-order valence-electron chi connectivity index (χ1n) is 4.50. The molecule has 0 aliphatic heterocycles. The lowest BCUT2D eigenvalue weighted by Gasteiger charge is -2.02. The number of hydrogen-bond acceptors (Lipinski definition) is 3. The Kier molecular flexibility index (Phi) is 2.47. The average molecular weight is 219 g/mol. The van der Waals surface area contributed by atoms with E-state index in [1.54, 1.807) is 24.3 Å². The normalized spacial score (nSPS) is 10.0. The Morgan fingerprint density at radius 3 is 2.69 bits per heavy atom. The van der Waals surface area contributed by atoms with Gasteiger partial charge in [-0.1, -0.05) is 18.2 Å². The van der Waals surface area contributed by atoms with E-state index in [4.69, 9.17) is 10.2 Å². The highest BCUT2D eigenvalue weighted by Gasteiger charge is 2.12. The lowest BCUT2D eigenvalue weighted by atomic mass is 10.2. The lowest BCUT2D eigenvalue weighted by Crippen LogP contribution is -2.44. The van der Waals surface area contributed by atoms with Gasteiger partial charge in [0.1, 0.15) is 11.8 Å². The van der Waals surface area contributed by atoms with Crippen LogP contribution < -0.4 is 16.6 Å². The molecule has 0 radical (unpaired) electrons. The molecule has 0 saturated heterocycles. The number of amides is 3. The topological polar surface area (TPSA) is 97.4 Å². The molecule has 0 saturated carbocycles. The fourth-order valence-electron chi connectivity index (χ4n) is 1.34. The Labute approximate surface area is 90.4 Å². The van der Waals surface area contributed by atoms with Gasteiger partial charge in [0, 0.05) is 5.39 Å². The standard InChI is InChI=1S/C10H9N3O3/c11-10(15)13-12-9(14)7-5-16-8-4-2-1-3-6(7)8/h1-5H,(H,12,14)(H3,11,13,15). The van der Waals surface area contributed by atoms with Crippen LogP contribution in [0.4, 0.5) is 4.79 Å². The van der Waals surface area contributed by atoms with Gasteiger partial charge in [-0.25, -0.2) is 10.2 Å². The summed E-state index contributed by atoms with van der Waals surface area (Å²) in [5.74, 6) is -0.483. The zero-order valence-corrected chi connectivity index (χ0v) is 8.19. The van der Waals surface area contributed by atoms with Crippen molar-refractivity contribution in [2.45, 2.75) is 0 Å². The van der Waals surface area contributed by atoms with Crippen LogP contribution in [0, 0.1) is 0 Å². The Bertz CT molecular complexity index is 547. The third-order valence-corrected chi connectivity index (χ3v) is 2.02. The van der Waals surface area contributed by atoms with Gasteiger partial charge in [-0.3, -0.25) is 10.2 Å². The van der Waals surface area contributed by atoms with Gasteiger partial charge in [0.15, 0.2) is 0 Å². The van der Waals surface area contributed by atoms with E-state index >= 15 is 0 Å². The summed E-state index contributed by atoms with van der Waals surface area (Å²) in [6, 6.07) is 6.25. The zero-order valence-electron chi connectivity index (χ0n) is 8.19. The van der Waals surface area contributed by atoms with E-state index in [2.05, 4.69) is 5.43 Å². The predicted molar refractivity (Wildman–Crippen MR) is 56.4 cm³/mol. The van der Waals surface area contributed by atoms with E-state index in [9.17, 15) is 9.59 Å². The van der Waals surface area contributed by atoms with Crippen LogP contribution in [0.5, 0.6) is 0 Å². The van der Waals surface area contributed by atoms with Gasteiger partial charge in [-0.2, -0.15) is 0 Å². The third-order valence-electron chi connectivity index (χ3n) is 2.02. The second-order valence-electron chi connectivity index (χ2n) is 3.09. The molecule has 0 fully saturated rings. The largest absolute Gasteiger partial charge is 0.463 e. The summed E-state index contributed by atoms with van der Waals surface area (Å²) >= 11 is 0. The van der Waals surface area contributed by atoms with Crippen molar-refractivity contribution in [2.75, 3.05) is 0 Å². The van der Waals surface area contributed by atoms with Crippen LogP contribution in [0.1, 0.15) is 10.4 Å². The summed E-state index contributed by atoms with van der Waals surface area (Å²) in [7, 11) is 0. The van der Waals surface area contributed by atoms with Gasteiger partial charge in [-0.05, 0) is 6.07 Å². The maximum absolute atomic E-state index is 11.6. The number of para-hydroxylation sites is 1. The first-order valence-corrected chi connectivity index (χ1v) is 4.50. The first kappa shape index (κ1) is 10.0. The number of primary amides is 1. The van der Waals surface area contributed by atoms with Gasteiger partial charge >= 0.3 is 6.03 Å². The van der Waals surface area contributed by atoms with Crippen LogP contribution in [0.2, 0.25) is 0 Å². The van der Waals surface area contributed by atoms with Crippen molar-refractivity contribution in [1.82, 2.24) is 10.9 Å². The molecule has 0 aliphatic carbocycles. The molecular weight excluding hydrogens is 210 g/mol. The quantitative estimate of drug-likeness (QED) is 0.617. The number of nitrogens with one attached hydrogen (secondary N) is 2. The summed E-state index contributed by atoms with van der Waals surface area (Å²) < 4.78 is 5.17. The van der Waals surface area contributed by atoms with Crippen LogP contribution >= 0.6 is 0 Å². The first-order chi connectivity index (χ1) is 7.68. The SMILES string of the molecule is NC(=O)NNC(=O)c1coc2ccccc12. The Morgan fingerprint density at radius 1 is 1.19 bits per heavy atom. The van der Waals surface area contributed by atoms with E-state index < -0.39 is 11.9 Å². The van der Waals surface area contributed by atoms with Crippen molar-refractivity contribution in [3.05, 3.63) is 36.1 Å². The summed E-state index contributed by atoms with van der Waals surface area (Å²) in [6.45, 7) is 0. The molecule has 1 heterocycles. The van der Waals surface area contributed by atoms with Crippen LogP contribution in [0.15, 0.2) is 34.9 Å². The van der Waals surface area contributed by atoms with E-state index in [-0.39, 0.29) is 0 Å². The number of carbonyl (C=O) groups is 2. The third kappa shape index (κ3) is 1.81. The van der Waals surface area contributed by atoms with Crippen LogP contribution in [0.3, 0.4) is 0 Å². The summed E-state index contributed by atoms with van der Waals surface area (Å²) in [6.07, 6.45) is 1.32. The number of rotatable bonds is 1. The molecule has 0 bridgehead atoms. The second kappa shape index (κ2) is 3.93. The molecule has 0 atom stereocenters. The molecule has 0 spiro atoms. The molecule has 6 heteroatoms. The van der Waals surface area contributed by atoms with Gasteiger partial charge in [0.25, 0.3) is 5.91 Å². The van der Waals surface area contributed by atoms with Crippen molar-refractivity contribution in [2.24, 2.45) is 5.73 Å². The number of carbonyl (C=O) groups excluding carboxylic acids is 2. The highest BCUT2D eigenvalue weighted by molar-refractivity contribution is 6.06. The van der Waals surface area contributed by atoms with Crippen molar-refractivity contribution in [3.8, 4) is 0 Å². The molecule has 16 heavy (non-hydrogen) atoms. The van der Waals surface area contributed by atoms with Crippen LogP contribution in [-0.4, -0.2) is 11.9 Å². The molecule has 1 aromatic carbocycles. The van der Waals surface area contributed by atoms with Gasteiger partial charge in [0.05, 0.1) is 5.56 Å². The Morgan fingerprint density at radius 2 is 1.94 bits per heavy atom. The number of hydrazine groups is 1. The van der Waals surface area contributed by atoms with Crippen molar-refractivity contribution in [3.63, 3.8) is 0 Å². The zero-order chi connectivity index (χ0) is 11.5. The molecule has 0 unspecified atom stereocenters. The monoisotopic (exact) mass is 219 g/mol. The highest BCUT2D eigenvalue weighted by Crippen LogP contribution is 2.20. The fraction of sp³-hybridized carbons (Fsp3) is 0. The molecule has 2 rings (SSSR count). The Balaban J connectivity index is 2.26. The number of nitrogens with two attached hydrogens (primary N) is 1. The van der Waals surface area contributed by atoms with Crippen molar-refractivity contribution >= 4 is 22.9 Å². The molecule has 2 aromatic rings. The lowest BCUT2D eigenvalue weighted by molar-refractivity contribution is 0.0938. The number of furan rings is 1. The second-order valence-corrected chi connectivity index (χ2v) is 3.09. The van der Waals surface area contributed by atoms with Crippen molar-refractivity contribution in [1.29, 1.82) is 0 Å². The molecular formula is C10H9N3O3. The predicted octanol–water partition coefficient (Wildman–Crippen LogP) is 0.746. The minimum Gasteiger partial charge on any atom is -0.463 e. The molecule has 4 N–H and O–H groups in total. The smallest absolute Gasteiger partial charge is 0.330 e. The minimum atomic E-state index is -0.832. The van der Waals surface area contributed by atoms with Crippen LogP contribution in [0.25, 0.3) is 11.0 Å². The maximum Gasteiger partial charge on any atom is 0.330 e. The highest BCUT2D eigenvalue weighted by atomic mass is 16.3. The van der Waals surface area contributed by atoms with E-state index in [1.165, 1.54) is 6.26 Å². The Hall–Kier alpha value is -2.50. The fourth-order valence-corrected chi connectivity index (χ4v) is 1.34. The average Bonchev–Trinajstić information content (AvgIpc) is 2.69. The molecule has 3 amide bonds. The molecule has 82 valence electrons. The van der Waals surface area contributed by atoms with Crippen LogP contribution in [-0.2, 0) is 0 Å². The summed E-state index contributed by atoms with van der Waals surface area (Å²) in [5.41, 5.74) is 9.91. The number of benzene rings is 1. The summed E-state index contributed by atoms with van der Waals surface area (Å²) in [5, 5.41) is 0.672. The minimum absolute atomic E-state index is 0.337. The number of urea groups is 1. The van der Waals surface area contributed by atoms with E-state index in [1.807, 2.05) is 5.43 Å². The van der Waals surface area contributed by atoms with Gasteiger partial charge < -0.3 is 10.2 Å².